The van der Waals surface area contributed by atoms with Gasteiger partial charge in [0.2, 0.25) is 0 Å². The van der Waals surface area contributed by atoms with Crippen LogP contribution in [0.3, 0.4) is 0 Å². The number of hydrogen-bond acceptors (Lipinski definition) is 0. The highest BCUT2D eigenvalue weighted by Gasteiger charge is 2.32. The van der Waals surface area contributed by atoms with Crippen molar-refractivity contribution in [2.24, 2.45) is 11.8 Å². The van der Waals surface area contributed by atoms with Crippen LogP contribution in [0.15, 0.2) is 0 Å². The lowest BCUT2D eigenvalue weighted by Crippen LogP contribution is -2.14. The molecular formula is C17H38P+. The second-order valence-electron chi connectivity index (χ2n) is 7.26. The van der Waals surface area contributed by atoms with Gasteiger partial charge in [-0.15, -0.1) is 0 Å². The molecule has 0 heterocycles. The van der Waals surface area contributed by atoms with E-state index in [-0.39, 0.29) is 0 Å². The van der Waals surface area contributed by atoms with Crippen molar-refractivity contribution in [2.75, 3.05) is 25.2 Å². The molecule has 110 valence electrons. The molecule has 0 aromatic carbocycles. The van der Waals surface area contributed by atoms with E-state index in [9.17, 15) is 0 Å². The van der Waals surface area contributed by atoms with Crippen LogP contribution in [-0.2, 0) is 0 Å². The molecule has 0 saturated heterocycles. The molecule has 0 N–H and O–H groups in total. The Labute approximate surface area is 118 Å². The molecule has 0 rings (SSSR count). The monoisotopic (exact) mass is 273 g/mol. The van der Waals surface area contributed by atoms with Crippen LogP contribution in [0.5, 0.6) is 0 Å². The normalized spacial score (nSPS) is 12.7. The fraction of sp³-hybridized carbons (Fsp3) is 1.00. The van der Waals surface area contributed by atoms with Crippen LogP contribution in [0.2, 0.25) is 0 Å². The van der Waals surface area contributed by atoms with E-state index >= 15 is 0 Å². The van der Waals surface area contributed by atoms with Crippen LogP contribution in [0.4, 0.5) is 0 Å². The molecule has 0 saturated carbocycles. The summed E-state index contributed by atoms with van der Waals surface area (Å²) in [4.78, 5) is 0. The van der Waals surface area contributed by atoms with Crippen molar-refractivity contribution in [1.82, 2.24) is 0 Å². The van der Waals surface area contributed by atoms with Crippen molar-refractivity contribution in [3.05, 3.63) is 0 Å². The molecule has 1 heteroatoms. The van der Waals surface area contributed by atoms with Crippen LogP contribution in [0, 0.1) is 11.8 Å². The van der Waals surface area contributed by atoms with Crippen molar-refractivity contribution in [2.45, 2.75) is 73.1 Å². The minimum atomic E-state index is -0.637. The fourth-order valence-electron chi connectivity index (χ4n) is 3.29. The first kappa shape index (κ1) is 18.4. The third-order valence-electron chi connectivity index (χ3n) is 3.66. The minimum Gasteiger partial charge on any atom is -0.0654 e. The summed E-state index contributed by atoms with van der Waals surface area (Å²) in [5.41, 5.74) is 0. The minimum absolute atomic E-state index is 0.637. The summed E-state index contributed by atoms with van der Waals surface area (Å²) >= 11 is 0. The van der Waals surface area contributed by atoms with Gasteiger partial charge < -0.3 is 0 Å². The van der Waals surface area contributed by atoms with Gasteiger partial charge in [0.25, 0.3) is 0 Å². The third-order valence-corrected chi connectivity index (χ3v) is 8.28. The van der Waals surface area contributed by atoms with Gasteiger partial charge in [0.1, 0.15) is 0 Å². The number of unbranched alkanes of at least 4 members (excludes halogenated alkanes) is 5. The third kappa shape index (κ3) is 10.4. The van der Waals surface area contributed by atoms with Gasteiger partial charge in [0.05, 0.1) is 18.5 Å². The average Bonchev–Trinajstić information content (AvgIpc) is 2.20. The van der Waals surface area contributed by atoms with E-state index < -0.39 is 7.26 Å². The Hall–Kier alpha value is 0.430. The predicted molar refractivity (Wildman–Crippen MR) is 90.5 cm³/mol. The van der Waals surface area contributed by atoms with Gasteiger partial charge in [-0.2, -0.15) is 0 Å². The first-order valence-corrected chi connectivity index (χ1v) is 11.0. The zero-order valence-corrected chi connectivity index (χ0v) is 14.9. The average molecular weight is 273 g/mol. The maximum atomic E-state index is 2.64. The Kier molecular flexibility index (Phi) is 10.5. The van der Waals surface area contributed by atoms with Gasteiger partial charge in [-0.25, -0.2) is 0 Å². The Morgan fingerprint density at radius 2 is 1.17 bits per heavy atom. The van der Waals surface area contributed by atoms with Crippen LogP contribution >= 0.6 is 7.26 Å². The molecule has 0 aliphatic rings. The topological polar surface area (TPSA) is 0 Å². The van der Waals surface area contributed by atoms with Crippen molar-refractivity contribution >= 4 is 7.26 Å². The largest absolute Gasteiger partial charge is 0.0654 e. The molecule has 0 aromatic rings. The molecule has 0 bridgehead atoms. The van der Waals surface area contributed by atoms with Crippen molar-refractivity contribution in [3.8, 4) is 0 Å². The summed E-state index contributed by atoms with van der Waals surface area (Å²) in [5, 5.41) is 0. The van der Waals surface area contributed by atoms with E-state index in [1.54, 1.807) is 6.16 Å². The molecule has 0 spiro atoms. The second-order valence-corrected chi connectivity index (χ2v) is 11.7. The maximum absolute atomic E-state index is 2.64. The van der Waals surface area contributed by atoms with Gasteiger partial charge in [0.15, 0.2) is 0 Å². The van der Waals surface area contributed by atoms with E-state index in [4.69, 9.17) is 0 Å². The summed E-state index contributed by atoms with van der Waals surface area (Å²) in [6.07, 6.45) is 13.3. The van der Waals surface area contributed by atoms with Crippen LogP contribution < -0.4 is 0 Å². The van der Waals surface area contributed by atoms with Gasteiger partial charge in [-0.05, 0) is 24.7 Å². The molecule has 0 nitrogen and oxygen atoms in total. The summed E-state index contributed by atoms with van der Waals surface area (Å²) in [7, 11) is -0.637. The predicted octanol–water partition coefficient (Wildman–Crippen LogP) is 6.31. The summed E-state index contributed by atoms with van der Waals surface area (Å²) in [6, 6.07) is 0. The highest BCUT2D eigenvalue weighted by molar-refractivity contribution is 7.75. The van der Waals surface area contributed by atoms with E-state index in [0.717, 1.165) is 11.8 Å². The van der Waals surface area contributed by atoms with Crippen molar-refractivity contribution in [3.63, 3.8) is 0 Å². The van der Waals surface area contributed by atoms with Gasteiger partial charge in [0, 0.05) is 13.9 Å². The van der Waals surface area contributed by atoms with Gasteiger partial charge in [-0.3, -0.25) is 0 Å². The SMILES string of the molecule is CCCCCCCC[P+](C)(CC(C)C)CC(C)C. The zero-order chi connectivity index (χ0) is 14.0. The van der Waals surface area contributed by atoms with Crippen LogP contribution in [0.1, 0.15) is 73.1 Å². The van der Waals surface area contributed by atoms with Crippen LogP contribution in [0.25, 0.3) is 0 Å². The number of rotatable bonds is 11. The standard InChI is InChI=1S/C17H38P/c1-7-8-9-10-11-12-13-18(6,14-16(2)3)15-17(4)5/h16-17H,7-15H2,1-6H3/q+1. The Bertz CT molecular complexity index is 174. The van der Waals surface area contributed by atoms with E-state index in [1.165, 1.54) is 50.8 Å². The highest BCUT2D eigenvalue weighted by Crippen LogP contribution is 2.58. The van der Waals surface area contributed by atoms with Gasteiger partial charge >= 0.3 is 0 Å². The number of hydrogen-bond donors (Lipinski definition) is 0. The molecule has 0 atom stereocenters. The first-order valence-electron chi connectivity index (χ1n) is 8.23. The highest BCUT2D eigenvalue weighted by atomic mass is 31.2. The van der Waals surface area contributed by atoms with Gasteiger partial charge in [-0.1, -0.05) is 60.3 Å². The maximum Gasteiger partial charge on any atom is 0.0614 e. The molecule has 0 aromatic heterocycles. The lowest BCUT2D eigenvalue weighted by molar-refractivity contribution is 0.623. The Morgan fingerprint density at radius 3 is 1.61 bits per heavy atom. The van der Waals surface area contributed by atoms with E-state index in [2.05, 4.69) is 41.3 Å². The molecule has 0 aliphatic heterocycles. The summed E-state index contributed by atoms with van der Waals surface area (Å²) in [5.74, 6) is 1.78. The smallest absolute Gasteiger partial charge is 0.0614 e. The van der Waals surface area contributed by atoms with Crippen molar-refractivity contribution < 1.29 is 0 Å². The molecule has 0 amide bonds. The molecule has 0 fully saturated rings. The molecular weight excluding hydrogens is 235 g/mol. The summed E-state index contributed by atoms with van der Waals surface area (Å²) in [6.45, 7) is 14.5. The molecule has 0 aliphatic carbocycles. The molecule has 0 radical (unpaired) electrons. The zero-order valence-electron chi connectivity index (χ0n) is 14.0. The van der Waals surface area contributed by atoms with E-state index in [1.807, 2.05) is 0 Å². The Morgan fingerprint density at radius 1 is 0.722 bits per heavy atom. The molecule has 0 unspecified atom stereocenters. The van der Waals surface area contributed by atoms with Crippen molar-refractivity contribution in [1.29, 1.82) is 0 Å². The second kappa shape index (κ2) is 10.2. The Balaban J connectivity index is 3.93. The summed E-state index contributed by atoms with van der Waals surface area (Å²) < 4.78 is 0. The lowest BCUT2D eigenvalue weighted by Gasteiger charge is -2.27. The first-order chi connectivity index (χ1) is 8.39. The fourth-order valence-corrected chi connectivity index (χ4v) is 8.32. The molecule has 18 heavy (non-hydrogen) atoms. The van der Waals surface area contributed by atoms with Crippen LogP contribution in [-0.4, -0.2) is 25.2 Å². The van der Waals surface area contributed by atoms with E-state index in [0.29, 0.717) is 0 Å². The quantitative estimate of drug-likeness (QED) is 0.306. The lowest BCUT2D eigenvalue weighted by atomic mass is 10.1.